The summed E-state index contributed by atoms with van der Waals surface area (Å²) in [6.07, 6.45) is -5.46. The van der Waals surface area contributed by atoms with Crippen molar-refractivity contribution in [1.29, 1.82) is 0 Å². The van der Waals surface area contributed by atoms with Gasteiger partial charge in [-0.15, -0.1) is 0 Å². The predicted octanol–water partition coefficient (Wildman–Crippen LogP) is 5.84. The van der Waals surface area contributed by atoms with E-state index in [9.17, 15) is 18.0 Å². The number of hydrogen-bond donors (Lipinski definition) is 0. The van der Waals surface area contributed by atoms with Crippen LogP contribution < -0.4 is 9.47 Å². The SMILES string of the molecule is O=C(Oc1ccccc1)N1Cc2ccccc2C(Oc2ccc(C(F)(F)F)cc2)C1. The lowest BCUT2D eigenvalue weighted by atomic mass is 9.97. The Hall–Kier alpha value is -3.48. The normalized spacial score (nSPS) is 16.0. The van der Waals surface area contributed by atoms with Gasteiger partial charge in [0, 0.05) is 6.54 Å². The third-order valence-corrected chi connectivity index (χ3v) is 4.82. The summed E-state index contributed by atoms with van der Waals surface area (Å²) in [5.41, 5.74) is 1.04. The number of alkyl halides is 3. The van der Waals surface area contributed by atoms with E-state index in [0.29, 0.717) is 18.0 Å². The van der Waals surface area contributed by atoms with Gasteiger partial charge in [-0.05, 0) is 47.5 Å². The number of nitrogens with zero attached hydrogens (tertiary/aromatic N) is 1. The molecule has 154 valence electrons. The molecule has 0 aliphatic carbocycles. The van der Waals surface area contributed by atoms with Crippen molar-refractivity contribution in [3.63, 3.8) is 0 Å². The minimum absolute atomic E-state index is 0.212. The van der Waals surface area contributed by atoms with E-state index in [1.54, 1.807) is 24.3 Å². The van der Waals surface area contributed by atoms with Crippen molar-refractivity contribution in [3.05, 3.63) is 95.6 Å². The molecule has 1 amide bonds. The summed E-state index contributed by atoms with van der Waals surface area (Å²) in [6.45, 7) is 0.568. The Balaban J connectivity index is 1.54. The van der Waals surface area contributed by atoms with Crippen LogP contribution in [0.3, 0.4) is 0 Å². The molecule has 0 radical (unpaired) electrons. The number of halogens is 3. The first-order valence-electron chi connectivity index (χ1n) is 9.34. The molecule has 1 heterocycles. The number of carbonyl (C=O) groups excluding carboxylic acids is 1. The summed E-state index contributed by atoms with van der Waals surface area (Å²) in [4.78, 5) is 14.2. The third-order valence-electron chi connectivity index (χ3n) is 4.82. The number of hydrogen-bond acceptors (Lipinski definition) is 3. The third kappa shape index (κ3) is 4.40. The smallest absolute Gasteiger partial charge is 0.416 e. The van der Waals surface area contributed by atoms with Crippen molar-refractivity contribution in [2.75, 3.05) is 6.54 Å². The van der Waals surface area contributed by atoms with Gasteiger partial charge in [0.15, 0.2) is 0 Å². The van der Waals surface area contributed by atoms with Gasteiger partial charge in [-0.3, -0.25) is 4.90 Å². The Labute approximate surface area is 171 Å². The Bertz CT molecular complexity index is 1020. The molecule has 0 saturated carbocycles. The van der Waals surface area contributed by atoms with Gasteiger partial charge < -0.3 is 9.47 Å². The average Bonchev–Trinajstić information content (AvgIpc) is 2.74. The standard InChI is InChI=1S/C23H18F3NO3/c24-23(25,26)17-10-12-19(13-11-17)29-21-15-27(14-16-6-4-5-9-20(16)21)22(28)30-18-7-2-1-3-8-18/h1-13,21H,14-15H2. The Morgan fingerprint density at radius 3 is 2.23 bits per heavy atom. The summed E-state index contributed by atoms with van der Waals surface area (Å²) >= 11 is 0. The molecule has 7 heteroatoms. The van der Waals surface area contributed by atoms with Gasteiger partial charge in [0.1, 0.15) is 17.6 Å². The molecule has 1 aliphatic rings. The number of para-hydroxylation sites is 1. The van der Waals surface area contributed by atoms with E-state index >= 15 is 0 Å². The topological polar surface area (TPSA) is 38.8 Å². The van der Waals surface area contributed by atoms with Crippen molar-refractivity contribution in [3.8, 4) is 11.5 Å². The van der Waals surface area contributed by atoms with Crippen LogP contribution in [0.25, 0.3) is 0 Å². The van der Waals surface area contributed by atoms with Gasteiger partial charge in [0.25, 0.3) is 0 Å². The molecule has 0 bridgehead atoms. The highest BCUT2D eigenvalue weighted by molar-refractivity contribution is 5.71. The minimum atomic E-state index is -4.41. The zero-order chi connectivity index (χ0) is 21.1. The van der Waals surface area contributed by atoms with E-state index in [-0.39, 0.29) is 6.54 Å². The van der Waals surface area contributed by atoms with Crippen molar-refractivity contribution in [2.24, 2.45) is 0 Å². The lowest BCUT2D eigenvalue weighted by Gasteiger charge is -2.34. The Morgan fingerprint density at radius 2 is 1.53 bits per heavy atom. The molecule has 3 aromatic carbocycles. The number of fused-ring (bicyclic) bond motifs is 1. The Kier molecular flexibility index (Phi) is 5.35. The molecule has 0 spiro atoms. The van der Waals surface area contributed by atoms with Gasteiger partial charge in [0.05, 0.1) is 12.1 Å². The van der Waals surface area contributed by atoms with Gasteiger partial charge in [0.2, 0.25) is 0 Å². The first kappa shape index (κ1) is 19.8. The van der Waals surface area contributed by atoms with Gasteiger partial charge in [-0.1, -0.05) is 42.5 Å². The van der Waals surface area contributed by atoms with Crippen molar-refractivity contribution >= 4 is 6.09 Å². The maximum absolute atomic E-state index is 12.8. The maximum Gasteiger partial charge on any atom is 0.416 e. The molecule has 1 unspecified atom stereocenters. The number of ether oxygens (including phenoxy) is 2. The first-order chi connectivity index (χ1) is 14.4. The molecule has 3 aromatic rings. The van der Waals surface area contributed by atoms with Crippen LogP contribution in [0, 0.1) is 0 Å². The molecule has 30 heavy (non-hydrogen) atoms. The van der Waals surface area contributed by atoms with E-state index in [1.165, 1.54) is 17.0 Å². The van der Waals surface area contributed by atoms with Gasteiger partial charge in [-0.2, -0.15) is 13.2 Å². The summed E-state index contributed by atoms with van der Waals surface area (Å²) < 4.78 is 49.8. The van der Waals surface area contributed by atoms with Crippen LogP contribution in [0.2, 0.25) is 0 Å². The lowest BCUT2D eigenvalue weighted by Crippen LogP contribution is -2.41. The highest BCUT2D eigenvalue weighted by Gasteiger charge is 2.32. The second kappa shape index (κ2) is 8.10. The molecule has 0 N–H and O–H groups in total. The fraction of sp³-hybridized carbons (Fsp3) is 0.174. The number of rotatable bonds is 3. The van der Waals surface area contributed by atoms with Crippen LogP contribution in [0.1, 0.15) is 22.8 Å². The van der Waals surface area contributed by atoms with E-state index in [0.717, 1.165) is 23.3 Å². The van der Waals surface area contributed by atoms with Crippen molar-refractivity contribution in [1.82, 2.24) is 4.90 Å². The summed E-state index contributed by atoms with van der Waals surface area (Å²) in [5.74, 6) is 0.725. The van der Waals surface area contributed by atoms with Crippen LogP contribution >= 0.6 is 0 Å². The lowest BCUT2D eigenvalue weighted by molar-refractivity contribution is -0.137. The van der Waals surface area contributed by atoms with Crippen LogP contribution in [0.5, 0.6) is 11.5 Å². The van der Waals surface area contributed by atoms with Crippen molar-refractivity contribution < 1.29 is 27.4 Å². The molecular formula is C23H18F3NO3. The molecule has 0 aromatic heterocycles. The fourth-order valence-electron chi connectivity index (χ4n) is 3.34. The maximum atomic E-state index is 12.8. The van der Waals surface area contributed by atoms with Crippen LogP contribution in [-0.4, -0.2) is 17.5 Å². The Morgan fingerprint density at radius 1 is 0.867 bits per heavy atom. The molecule has 1 aliphatic heterocycles. The highest BCUT2D eigenvalue weighted by atomic mass is 19.4. The van der Waals surface area contributed by atoms with Crippen LogP contribution in [0.15, 0.2) is 78.9 Å². The molecule has 0 saturated heterocycles. The summed E-state index contributed by atoms with van der Waals surface area (Å²) in [7, 11) is 0. The largest absolute Gasteiger partial charge is 0.484 e. The second-order valence-corrected chi connectivity index (χ2v) is 6.89. The molecular weight excluding hydrogens is 395 g/mol. The number of amides is 1. The van der Waals surface area contributed by atoms with E-state index in [1.807, 2.05) is 30.3 Å². The quantitative estimate of drug-likeness (QED) is 0.542. The summed E-state index contributed by atoms with van der Waals surface area (Å²) in [6, 6.07) is 20.8. The van der Waals surface area contributed by atoms with Crippen molar-refractivity contribution in [2.45, 2.75) is 18.8 Å². The molecule has 1 atom stereocenters. The fourth-order valence-corrected chi connectivity index (χ4v) is 3.34. The minimum Gasteiger partial charge on any atom is -0.484 e. The summed E-state index contributed by atoms with van der Waals surface area (Å²) in [5, 5.41) is 0. The number of carbonyl (C=O) groups is 1. The molecule has 4 nitrogen and oxygen atoms in total. The van der Waals surface area contributed by atoms with E-state index < -0.39 is 23.9 Å². The van der Waals surface area contributed by atoms with Gasteiger partial charge in [-0.25, -0.2) is 4.79 Å². The van der Waals surface area contributed by atoms with E-state index in [2.05, 4.69) is 0 Å². The zero-order valence-electron chi connectivity index (χ0n) is 15.8. The molecule has 0 fully saturated rings. The van der Waals surface area contributed by atoms with E-state index in [4.69, 9.17) is 9.47 Å². The second-order valence-electron chi connectivity index (χ2n) is 6.89. The monoisotopic (exact) mass is 413 g/mol. The van der Waals surface area contributed by atoms with Crippen LogP contribution in [0.4, 0.5) is 18.0 Å². The molecule has 4 rings (SSSR count). The number of benzene rings is 3. The van der Waals surface area contributed by atoms with Gasteiger partial charge >= 0.3 is 12.3 Å². The highest BCUT2D eigenvalue weighted by Crippen LogP contribution is 2.34. The zero-order valence-corrected chi connectivity index (χ0v) is 15.8. The predicted molar refractivity (Wildman–Crippen MR) is 104 cm³/mol. The first-order valence-corrected chi connectivity index (χ1v) is 9.34. The average molecular weight is 413 g/mol. The van der Waals surface area contributed by atoms with Crippen LogP contribution in [-0.2, 0) is 12.7 Å².